The van der Waals surface area contributed by atoms with E-state index in [4.69, 9.17) is 21.1 Å². The van der Waals surface area contributed by atoms with E-state index < -0.39 is 0 Å². The summed E-state index contributed by atoms with van der Waals surface area (Å²) in [5.41, 5.74) is 1.81. The van der Waals surface area contributed by atoms with Crippen LogP contribution in [0, 0.1) is 0 Å². The lowest BCUT2D eigenvalue weighted by Crippen LogP contribution is -2.34. The van der Waals surface area contributed by atoms with Crippen molar-refractivity contribution in [3.05, 3.63) is 53.1 Å². The number of carbonyl (C=O) groups excluding carboxylic acids is 1. The van der Waals surface area contributed by atoms with Crippen LogP contribution in [0.1, 0.15) is 24.4 Å². The first-order valence-corrected chi connectivity index (χ1v) is 10.3. The normalized spacial score (nSPS) is 17.9. The van der Waals surface area contributed by atoms with Crippen LogP contribution < -0.4 is 9.47 Å². The highest BCUT2D eigenvalue weighted by Gasteiger charge is 2.31. The molecule has 0 N–H and O–H groups in total. The van der Waals surface area contributed by atoms with Crippen molar-refractivity contribution in [3.63, 3.8) is 0 Å². The Morgan fingerprint density at radius 2 is 2.00 bits per heavy atom. The van der Waals surface area contributed by atoms with Gasteiger partial charge in [0.2, 0.25) is 11.7 Å². The molecule has 5 rings (SSSR count). The molecule has 2 aliphatic rings. The summed E-state index contributed by atoms with van der Waals surface area (Å²) >= 11 is 6.03. The van der Waals surface area contributed by atoms with E-state index in [1.165, 1.54) is 4.80 Å². The van der Waals surface area contributed by atoms with Crippen molar-refractivity contribution in [2.75, 3.05) is 19.8 Å². The Bertz CT molecular complexity index is 1090. The van der Waals surface area contributed by atoms with Crippen LogP contribution in [-0.2, 0) is 11.3 Å². The molecule has 154 valence electrons. The van der Waals surface area contributed by atoms with Crippen LogP contribution >= 0.6 is 11.6 Å². The molecule has 1 amide bonds. The van der Waals surface area contributed by atoms with Crippen LogP contribution in [-0.4, -0.2) is 50.8 Å². The first-order valence-electron chi connectivity index (χ1n) is 9.90. The number of fused-ring (bicyclic) bond motifs is 1. The molecule has 1 fully saturated rings. The quantitative estimate of drug-likeness (QED) is 0.638. The van der Waals surface area contributed by atoms with Crippen LogP contribution in [0.5, 0.6) is 11.5 Å². The summed E-state index contributed by atoms with van der Waals surface area (Å²) in [4.78, 5) is 16.2. The van der Waals surface area contributed by atoms with E-state index in [1.54, 1.807) is 12.1 Å². The van der Waals surface area contributed by atoms with Crippen molar-refractivity contribution in [1.82, 2.24) is 25.1 Å². The minimum Gasteiger partial charge on any atom is -0.486 e. The first kappa shape index (κ1) is 18.9. The van der Waals surface area contributed by atoms with Gasteiger partial charge in [-0.05, 0) is 47.9 Å². The number of benzene rings is 2. The molecule has 1 atom stereocenters. The van der Waals surface area contributed by atoms with Crippen LogP contribution in [0.25, 0.3) is 11.4 Å². The van der Waals surface area contributed by atoms with Crippen molar-refractivity contribution in [2.45, 2.75) is 25.4 Å². The zero-order valence-corrected chi connectivity index (χ0v) is 17.0. The maximum atomic E-state index is 13.0. The number of hydrogen-bond acceptors (Lipinski definition) is 6. The molecule has 0 spiro atoms. The number of tetrazole rings is 1. The van der Waals surface area contributed by atoms with Crippen LogP contribution in [0.4, 0.5) is 0 Å². The lowest BCUT2D eigenvalue weighted by atomic mass is 10.0. The molecule has 2 aromatic carbocycles. The number of rotatable bonds is 4. The van der Waals surface area contributed by atoms with Gasteiger partial charge in [-0.1, -0.05) is 29.8 Å². The summed E-state index contributed by atoms with van der Waals surface area (Å²) in [5.74, 6) is 1.89. The maximum absolute atomic E-state index is 13.0. The molecule has 1 saturated heterocycles. The van der Waals surface area contributed by atoms with Crippen LogP contribution in [0.15, 0.2) is 42.5 Å². The zero-order valence-electron chi connectivity index (χ0n) is 16.2. The summed E-state index contributed by atoms with van der Waals surface area (Å²) in [6, 6.07) is 13.1. The van der Waals surface area contributed by atoms with E-state index in [1.807, 2.05) is 35.2 Å². The largest absolute Gasteiger partial charge is 0.486 e. The van der Waals surface area contributed by atoms with Crippen molar-refractivity contribution in [3.8, 4) is 22.9 Å². The molecule has 0 saturated carbocycles. The first-order chi connectivity index (χ1) is 14.7. The molecule has 2 aliphatic heterocycles. The second-order valence-corrected chi connectivity index (χ2v) is 7.74. The fraction of sp³-hybridized carbons (Fsp3) is 0.333. The van der Waals surface area contributed by atoms with Gasteiger partial charge in [0, 0.05) is 17.1 Å². The van der Waals surface area contributed by atoms with Gasteiger partial charge in [-0.2, -0.15) is 4.80 Å². The Hall–Kier alpha value is -3.13. The number of halogens is 1. The molecule has 1 aromatic heterocycles. The van der Waals surface area contributed by atoms with E-state index >= 15 is 0 Å². The smallest absolute Gasteiger partial charge is 0.246 e. The number of amides is 1. The lowest BCUT2D eigenvalue weighted by molar-refractivity contribution is -0.133. The molecule has 8 nitrogen and oxygen atoms in total. The Labute approximate surface area is 178 Å². The van der Waals surface area contributed by atoms with Crippen LogP contribution in [0.3, 0.4) is 0 Å². The molecule has 0 aliphatic carbocycles. The Morgan fingerprint density at radius 1 is 1.13 bits per heavy atom. The minimum absolute atomic E-state index is 0.00393. The predicted molar refractivity (Wildman–Crippen MR) is 109 cm³/mol. The van der Waals surface area contributed by atoms with Crippen molar-refractivity contribution < 1.29 is 14.3 Å². The van der Waals surface area contributed by atoms with Gasteiger partial charge in [-0.15, -0.1) is 10.2 Å². The fourth-order valence-electron chi connectivity index (χ4n) is 3.94. The van der Waals surface area contributed by atoms with Crippen LogP contribution in [0.2, 0.25) is 5.02 Å². The van der Waals surface area contributed by atoms with Crippen molar-refractivity contribution in [1.29, 1.82) is 0 Å². The molecular weight excluding hydrogens is 406 g/mol. The van der Waals surface area contributed by atoms with E-state index in [9.17, 15) is 4.79 Å². The summed E-state index contributed by atoms with van der Waals surface area (Å²) < 4.78 is 11.3. The standard InChI is InChI=1S/C21H20ClN5O3/c22-16-4-1-3-15(11-16)21-23-25-27(24-21)13-20(28)26-8-2-5-17(26)14-6-7-18-19(12-14)30-10-9-29-18/h1,3-4,6-7,11-12,17H,2,5,8-10,13H2/t17-/m0/s1. The Balaban J connectivity index is 1.31. The van der Waals surface area contributed by atoms with Gasteiger partial charge in [0.1, 0.15) is 19.8 Å². The van der Waals surface area contributed by atoms with Gasteiger partial charge in [-0.3, -0.25) is 4.79 Å². The number of aromatic nitrogens is 4. The monoisotopic (exact) mass is 425 g/mol. The number of ether oxygens (including phenoxy) is 2. The molecule has 0 radical (unpaired) electrons. The molecule has 9 heteroatoms. The number of likely N-dealkylation sites (tertiary alicyclic amines) is 1. The van der Waals surface area contributed by atoms with Gasteiger partial charge in [0.25, 0.3) is 0 Å². The van der Waals surface area contributed by atoms with Gasteiger partial charge < -0.3 is 14.4 Å². The molecular formula is C21H20ClN5O3. The van der Waals surface area contributed by atoms with Gasteiger partial charge in [0.05, 0.1) is 6.04 Å². The Morgan fingerprint density at radius 3 is 2.87 bits per heavy atom. The average Bonchev–Trinajstić information content (AvgIpc) is 3.43. The van der Waals surface area contributed by atoms with Gasteiger partial charge >= 0.3 is 0 Å². The zero-order chi connectivity index (χ0) is 20.5. The molecule has 3 heterocycles. The third kappa shape index (κ3) is 3.70. The van der Waals surface area contributed by atoms with Crippen molar-refractivity contribution in [2.24, 2.45) is 0 Å². The minimum atomic E-state index is -0.0394. The molecule has 30 heavy (non-hydrogen) atoms. The number of carbonyl (C=O) groups is 1. The highest BCUT2D eigenvalue weighted by Crippen LogP contribution is 2.38. The van der Waals surface area contributed by atoms with E-state index in [0.29, 0.717) is 30.6 Å². The third-order valence-corrected chi connectivity index (χ3v) is 5.57. The topological polar surface area (TPSA) is 82.4 Å². The van der Waals surface area contributed by atoms with E-state index in [0.717, 1.165) is 35.5 Å². The maximum Gasteiger partial charge on any atom is 0.246 e. The average molecular weight is 426 g/mol. The summed E-state index contributed by atoms with van der Waals surface area (Å²) in [5, 5.41) is 13.0. The number of nitrogens with zero attached hydrogens (tertiary/aromatic N) is 5. The molecule has 0 bridgehead atoms. The summed E-state index contributed by atoms with van der Waals surface area (Å²) in [6.07, 6.45) is 1.85. The highest BCUT2D eigenvalue weighted by molar-refractivity contribution is 6.30. The summed E-state index contributed by atoms with van der Waals surface area (Å²) in [6.45, 7) is 1.83. The fourth-order valence-corrected chi connectivity index (χ4v) is 4.13. The molecule has 0 unspecified atom stereocenters. The second-order valence-electron chi connectivity index (χ2n) is 7.30. The Kier molecular flexibility index (Phi) is 5.00. The van der Waals surface area contributed by atoms with E-state index in [2.05, 4.69) is 15.4 Å². The highest BCUT2D eigenvalue weighted by atomic mass is 35.5. The van der Waals surface area contributed by atoms with Gasteiger partial charge in [-0.25, -0.2) is 0 Å². The SMILES string of the molecule is O=C(Cn1nnc(-c2cccc(Cl)c2)n1)N1CCC[C@H]1c1ccc2c(c1)OCCO2. The second kappa shape index (κ2) is 7.95. The molecule has 3 aromatic rings. The third-order valence-electron chi connectivity index (χ3n) is 5.34. The lowest BCUT2D eigenvalue weighted by Gasteiger charge is -2.26. The van der Waals surface area contributed by atoms with E-state index in [-0.39, 0.29) is 18.5 Å². The number of hydrogen-bond donors (Lipinski definition) is 0. The predicted octanol–water partition coefficient (Wildman–Crippen LogP) is 3.13. The van der Waals surface area contributed by atoms with Gasteiger partial charge in [0.15, 0.2) is 11.5 Å². The van der Waals surface area contributed by atoms with Crippen molar-refractivity contribution >= 4 is 17.5 Å². The summed E-state index contributed by atoms with van der Waals surface area (Å²) in [7, 11) is 0.